The van der Waals surface area contributed by atoms with Crippen LogP contribution in [0.4, 0.5) is 11.4 Å². The Hall–Kier alpha value is -2.99. The van der Waals surface area contributed by atoms with Crippen LogP contribution in [0, 0.1) is 10.1 Å². The number of carbonyl (C=O) groups excluding carboxylic acids is 1. The molecular formula is C20H25N3O7S2. The molecule has 0 saturated heterocycles. The molecule has 0 fully saturated rings. The maximum absolute atomic E-state index is 13.0. The number of anilines is 1. The highest BCUT2D eigenvalue weighted by molar-refractivity contribution is 7.92. The fraction of sp³-hybridized carbons (Fsp3) is 0.350. The summed E-state index contributed by atoms with van der Waals surface area (Å²) in [5, 5.41) is 13.8. The van der Waals surface area contributed by atoms with Crippen LogP contribution < -0.4 is 9.62 Å². The van der Waals surface area contributed by atoms with Crippen molar-refractivity contribution in [2.45, 2.75) is 37.2 Å². The predicted molar refractivity (Wildman–Crippen MR) is 121 cm³/mol. The van der Waals surface area contributed by atoms with E-state index in [0.29, 0.717) is 5.56 Å². The first-order valence-corrected chi connectivity index (χ1v) is 13.3. The van der Waals surface area contributed by atoms with E-state index in [2.05, 4.69) is 5.32 Å². The summed E-state index contributed by atoms with van der Waals surface area (Å²) in [6.07, 6.45) is 2.13. The smallest absolute Gasteiger partial charge is 0.271 e. The molecule has 1 N–H and O–H groups in total. The van der Waals surface area contributed by atoms with E-state index >= 15 is 0 Å². The van der Waals surface area contributed by atoms with Gasteiger partial charge in [-0.05, 0) is 37.1 Å². The molecule has 2 unspecified atom stereocenters. The third-order valence-electron chi connectivity index (χ3n) is 4.79. The number of nitro groups is 1. The summed E-state index contributed by atoms with van der Waals surface area (Å²) in [7, 11) is -7.32. The van der Waals surface area contributed by atoms with Gasteiger partial charge in [0.2, 0.25) is 15.9 Å². The average molecular weight is 484 g/mol. The largest absolute Gasteiger partial charge is 0.348 e. The molecular weight excluding hydrogens is 458 g/mol. The van der Waals surface area contributed by atoms with E-state index in [-0.39, 0.29) is 22.7 Å². The number of hydrogen-bond donors (Lipinski definition) is 1. The van der Waals surface area contributed by atoms with Gasteiger partial charge in [0.1, 0.15) is 6.04 Å². The molecule has 2 rings (SSSR count). The second-order valence-electron chi connectivity index (χ2n) is 7.33. The summed E-state index contributed by atoms with van der Waals surface area (Å²) in [4.78, 5) is 23.6. The summed E-state index contributed by atoms with van der Waals surface area (Å²) in [5.74, 6) is -0.593. The van der Waals surface area contributed by atoms with Crippen molar-refractivity contribution in [1.29, 1.82) is 0 Å². The first kappa shape index (κ1) is 25.3. The fourth-order valence-electron chi connectivity index (χ4n) is 3.20. The van der Waals surface area contributed by atoms with E-state index in [1.165, 1.54) is 30.3 Å². The molecule has 0 bridgehead atoms. The number of carbonyl (C=O) groups is 1. The zero-order valence-corrected chi connectivity index (χ0v) is 19.7. The van der Waals surface area contributed by atoms with Crippen LogP contribution in [0.2, 0.25) is 0 Å². The minimum atomic E-state index is -3.96. The molecule has 12 heteroatoms. The number of hydrogen-bond acceptors (Lipinski definition) is 7. The van der Waals surface area contributed by atoms with Crippen molar-refractivity contribution in [1.82, 2.24) is 5.32 Å². The third kappa shape index (κ3) is 6.04. The van der Waals surface area contributed by atoms with Gasteiger partial charge in [-0.15, -0.1) is 0 Å². The zero-order chi connectivity index (χ0) is 24.3. The molecule has 0 saturated carbocycles. The molecule has 0 aliphatic rings. The molecule has 0 aliphatic carbocycles. The normalized spacial score (nSPS) is 13.8. The highest BCUT2D eigenvalue weighted by Crippen LogP contribution is 2.27. The maximum Gasteiger partial charge on any atom is 0.271 e. The van der Waals surface area contributed by atoms with E-state index < -0.39 is 42.8 Å². The minimum Gasteiger partial charge on any atom is -0.348 e. The lowest BCUT2D eigenvalue weighted by Crippen LogP contribution is -2.49. The van der Waals surface area contributed by atoms with Crippen molar-refractivity contribution in [3.05, 3.63) is 64.2 Å². The van der Waals surface area contributed by atoms with E-state index in [4.69, 9.17) is 0 Å². The van der Waals surface area contributed by atoms with Crippen LogP contribution in [0.15, 0.2) is 53.4 Å². The Morgan fingerprint density at radius 3 is 2.16 bits per heavy atom. The number of benzene rings is 2. The molecule has 174 valence electrons. The number of rotatable bonds is 9. The van der Waals surface area contributed by atoms with Crippen molar-refractivity contribution in [3.8, 4) is 0 Å². The van der Waals surface area contributed by atoms with Gasteiger partial charge < -0.3 is 5.32 Å². The van der Waals surface area contributed by atoms with Crippen LogP contribution in [-0.2, 0) is 24.7 Å². The Labute approximate surface area is 187 Å². The Morgan fingerprint density at radius 1 is 1.09 bits per heavy atom. The summed E-state index contributed by atoms with van der Waals surface area (Å²) in [6, 6.07) is 9.36. The number of nitrogens with one attached hydrogen (secondary N) is 1. The molecule has 2 aromatic carbocycles. The lowest BCUT2D eigenvalue weighted by atomic mass is 10.1. The number of sulfone groups is 1. The minimum absolute atomic E-state index is 0.00820. The van der Waals surface area contributed by atoms with Crippen molar-refractivity contribution >= 4 is 37.1 Å². The summed E-state index contributed by atoms with van der Waals surface area (Å²) < 4.78 is 49.1. The fourth-order valence-corrected chi connectivity index (χ4v) is 5.03. The Bertz CT molecular complexity index is 1210. The van der Waals surface area contributed by atoms with Crippen molar-refractivity contribution in [2.24, 2.45) is 0 Å². The molecule has 0 aliphatic heterocycles. The summed E-state index contributed by atoms with van der Waals surface area (Å²) >= 11 is 0. The van der Waals surface area contributed by atoms with E-state index in [0.717, 1.165) is 22.9 Å². The van der Waals surface area contributed by atoms with Gasteiger partial charge >= 0.3 is 0 Å². The van der Waals surface area contributed by atoms with Crippen LogP contribution in [0.3, 0.4) is 0 Å². The zero-order valence-electron chi connectivity index (χ0n) is 18.0. The molecule has 1 amide bonds. The lowest BCUT2D eigenvalue weighted by Gasteiger charge is -2.31. The van der Waals surface area contributed by atoms with Crippen LogP contribution >= 0.6 is 0 Å². The SMILES string of the molecule is CCC(C(=O)NC(C)c1ccc(S(C)(=O)=O)cc1)N(c1cccc([N+](=O)[O-])c1)S(C)(=O)=O. The Balaban J connectivity index is 2.34. The molecule has 10 nitrogen and oxygen atoms in total. The number of non-ortho nitro benzene ring substituents is 1. The van der Waals surface area contributed by atoms with E-state index in [1.807, 2.05) is 0 Å². The van der Waals surface area contributed by atoms with Gasteiger partial charge in [0, 0.05) is 18.4 Å². The summed E-state index contributed by atoms with van der Waals surface area (Å²) in [6.45, 7) is 3.31. The highest BCUT2D eigenvalue weighted by atomic mass is 32.2. The van der Waals surface area contributed by atoms with Gasteiger partial charge in [0.15, 0.2) is 9.84 Å². The first-order chi connectivity index (χ1) is 14.8. The predicted octanol–water partition coefficient (Wildman–Crippen LogP) is 2.42. The van der Waals surface area contributed by atoms with Crippen LogP contribution in [0.1, 0.15) is 31.9 Å². The quantitative estimate of drug-likeness (QED) is 0.426. The topological polar surface area (TPSA) is 144 Å². The Kier molecular flexibility index (Phi) is 7.62. The van der Waals surface area contributed by atoms with Crippen molar-refractivity contribution in [3.63, 3.8) is 0 Å². The second kappa shape index (κ2) is 9.65. The van der Waals surface area contributed by atoms with Crippen LogP contribution in [0.25, 0.3) is 0 Å². The second-order valence-corrected chi connectivity index (χ2v) is 11.2. The van der Waals surface area contributed by atoms with Gasteiger partial charge in [0.05, 0.1) is 27.8 Å². The number of nitro benzene ring substituents is 1. The Morgan fingerprint density at radius 2 is 1.69 bits per heavy atom. The monoisotopic (exact) mass is 483 g/mol. The molecule has 0 spiro atoms. The van der Waals surface area contributed by atoms with E-state index in [1.54, 1.807) is 26.0 Å². The van der Waals surface area contributed by atoms with Crippen molar-refractivity contribution in [2.75, 3.05) is 16.8 Å². The van der Waals surface area contributed by atoms with Gasteiger partial charge in [-0.1, -0.05) is 25.1 Å². The third-order valence-corrected chi connectivity index (χ3v) is 7.10. The lowest BCUT2D eigenvalue weighted by molar-refractivity contribution is -0.384. The van der Waals surface area contributed by atoms with Crippen LogP contribution in [-0.4, -0.2) is 46.2 Å². The van der Waals surface area contributed by atoms with Gasteiger partial charge in [-0.3, -0.25) is 19.2 Å². The molecule has 2 atom stereocenters. The highest BCUT2D eigenvalue weighted by Gasteiger charge is 2.33. The molecule has 32 heavy (non-hydrogen) atoms. The molecule has 0 heterocycles. The number of sulfonamides is 1. The van der Waals surface area contributed by atoms with Gasteiger partial charge in [0.25, 0.3) is 5.69 Å². The number of nitrogens with zero attached hydrogens (tertiary/aromatic N) is 2. The molecule has 2 aromatic rings. The summed E-state index contributed by atoms with van der Waals surface area (Å²) in [5.41, 5.74) is 0.335. The van der Waals surface area contributed by atoms with Gasteiger partial charge in [-0.2, -0.15) is 0 Å². The standard InChI is InChI=1S/C20H25N3O7S2/c1-5-19(22(32(4,29)30)16-7-6-8-17(13-16)23(25)26)20(24)21-14(2)15-9-11-18(12-10-15)31(3,27)28/h6-14,19H,5H2,1-4H3,(H,21,24). The van der Waals surface area contributed by atoms with Crippen molar-refractivity contribution < 1.29 is 26.6 Å². The number of amides is 1. The van der Waals surface area contributed by atoms with Crippen LogP contribution in [0.5, 0.6) is 0 Å². The average Bonchev–Trinajstić information content (AvgIpc) is 2.70. The van der Waals surface area contributed by atoms with E-state index in [9.17, 15) is 31.7 Å². The maximum atomic E-state index is 13.0. The molecule has 0 aromatic heterocycles. The first-order valence-electron chi connectivity index (χ1n) is 9.60. The van der Waals surface area contributed by atoms with Gasteiger partial charge in [-0.25, -0.2) is 16.8 Å². The molecule has 0 radical (unpaired) electrons.